The van der Waals surface area contributed by atoms with Crippen molar-refractivity contribution >= 4 is 12.0 Å². The summed E-state index contributed by atoms with van der Waals surface area (Å²) in [5.74, 6) is -0.740. The molecule has 0 radical (unpaired) electrons. The quantitative estimate of drug-likeness (QED) is 0.873. The fourth-order valence-electron chi connectivity index (χ4n) is 1.15. The second kappa shape index (κ2) is 5.07. The fraction of sp³-hybridized carbons (Fsp3) is 0.545. The molecule has 2 N–H and O–H groups in total. The van der Waals surface area contributed by atoms with E-state index in [0.29, 0.717) is 5.69 Å². The van der Waals surface area contributed by atoms with Gasteiger partial charge < -0.3 is 19.9 Å². The molecule has 1 rings (SSSR count). The summed E-state index contributed by atoms with van der Waals surface area (Å²) in [5, 5.41) is 3.63. The van der Waals surface area contributed by atoms with Gasteiger partial charge in [-0.25, -0.2) is 4.79 Å². The van der Waals surface area contributed by atoms with E-state index in [4.69, 9.17) is 15.0 Å². The minimum absolute atomic E-state index is 0.0393. The Morgan fingerprint density at radius 2 is 2.11 bits per heavy atom. The van der Waals surface area contributed by atoms with Gasteiger partial charge in [-0.3, -0.25) is 4.79 Å². The first-order valence-electron chi connectivity index (χ1n) is 5.38. The lowest BCUT2D eigenvalue weighted by molar-refractivity contribution is 0.0281. The van der Waals surface area contributed by atoms with Gasteiger partial charge >= 0.3 is 6.09 Å². The molecule has 7 nitrogen and oxygen atoms in total. The zero-order chi connectivity index (χ0) is 13.9. The van der Waals surface area contributed by atoms with Crippen molar-refractivity contribution in [3.8, 4) is 0 Å². The number of aromatic nitrogens is 1. The second-order valence-corrected chi connectivity index (χ2v) is 4.88. The Labute approximate surface area is 105 Å². The van der Waals surface area contributed by atoms with E-state index in [9.17, 15) is 9.59 Å². The molecule has 7 heteroatoms. The molecule has 100 valence electrons. The van der Waals surface area contributed by atoms with E-state index in [0.717, 1.165) is 0 Å². The maximum atomic E-state index is 11.7. The largest absolute Gasteiger partial charge is 0.444 e. The van der Waals surface area contributed by atoms with Gasteiger partial charge in [-0.1, -0.05) is 5.16 Å². The SMILES string of the molecule is CN(Cc1cc(C(N)=O)on1)C(=O)OC(C)(C)C. The molecule has 0 unspecified atom stereocenters. The van der Waals surface area contributed by atoms with Crippen LogP contribution < -0.4 is 5.73 Å². The van der Waals surface area contributed by atoms with Gasteiger partial charge in [0.25, 0.3) is 5.91 Å². The van der Waals surface area contributed by atoms with Crippen LogP contribution in [0.25, 0.3) is 0 Å². The van der Waals surface area contributed by atoms with Crippen molar-refractivity contribution in [2.75, 3.05) is 7.05 Å². The number of nitrogens with two attached hydrogens (primary N) is 1. The van der Waals surface area contributed by atoms with E-state index in [-0.39, 0.29) is 12.3 Å². The Morgan fingerprint density at radius 3 is 2.56 bits per heavy atom. The van der Waals surface area contributed by atoms with E-state index in [2.05, 4.69) is 5.16 Å². The zero-order valence-corrected chi connectivity index (χ0v) is 10.9. The monoisotopic (exact) mass is 255 g/mol. The number of hydrogen-bond donors (Lipinski definition) is 1. The molecule has 0 aliphatic carbocycles. The molecular weight excluding hydrogens is 238 g/mol. The van der Waals surface area contributed by atoms with Crippen LogP contribution in [0.2, 0.25) is 0 Å². The van der Waals surface area contributed by atoms with Crippen LogP contribution in [0.3, 0.4) is 0 Å². The minimum Gasteiger partial charge on any atom is -0.444 e. The molecule has 0 atom stereocenters. The Bertz CT molecular complexity index is 447. The Balaban J connectivity index is 2.61. The predicted molar refractivity (Wildman–Crippen MR) is 62.7 cm³/mol. The molecule has 1 heterocycles. The summed E-state index contributed by atoms with van der Waals surface area (Å²) in [7, 11) is 1.56. The Kier molecular flexibility index (Phi) is 3.95. The lowest BCUT2D eigenvalue weighted by Gasteiger charge is -2.23. The van der Waals surface area contributed by atoms with Gasteiger partial charge in [0, 0.05) is 13.1 Å². The normalized spacial score (nSPS) is 11.1. The highest BCUT2D eigenvalue weighted by Gasteiger charge is 2.20. The second-order valence-electron chi connectivity index (χ2n) is 4.88. The molecule has 2 amide bonds. The molecule has 1 aromatic rings. The molecule has 0 spiro atoms. The van der Waals surface area contributed by atoms with Crippen LogP contribution in [0, 0.1) is 0 Å². The first kappa shape index (κ1) is 14.0. The molecule has 1 aromatic heterocycles. The van der Waals surface area contributed by atoms with Crippen LogP contribution in [0.15, 0.2) is 10.6 Å². The van der Waals surface area contributed by atoms with E-state index in [1.807, 2.05) is 0 Å². The smallest absolute Gasteiger partial charge is 0.410 e. The lowest BCUT2D eigenvalue weighted by Crippen LogP contribution is -2.33. The number of amides is 2. The zero-order valence-electron chi connectivity index (χ0n) is 10.9. The number of nitrogens with zero attached hydrogens (tertiary/aromatic N) is 2. The van der Waals surface area contributed by atoms with Gasteiger partial charge in [-0.2, -0.15) is 0 Å². The van der Waals surface area contributed by atoms with E-state index in [1.54, 1.807) is 27.8 Å². The third kappa shape index (κ3) is 4.08. The average Bonchev–Trinajstić information content (AvgIpc) is 2.63. The molecule has 0 bridgehead atoms. The van der Waals surface area contributed by atoms with Crippen LogP contribution in [0.4, 0.5) is 4.79 Å². The van der Waals surface area contributed by atoms with Gasteiger partial charge in [0.15, 0.2) is 0 Å². The summed E-state index contributed by atoms with van der Waals surface area (Å²) in [6.07, 6.45) is -0.480. The van der Waals surface area contributed by atoms with Crippen LogP contribution in [-0.4, -0.2) is 34.7 Å². The van der Waals surface area contributed by atoms with Crippen LogP contribution in [-0.2, 0) is 11.3 Å². The first-order valence-corrected chi connectivity index (χ1v) is 5.38. The summed E-state index contributed by atoms with van der Waals surface area (Å²) < 4.78 is 9.87. The number of ether oxygens (including phenoxy) is 1. The highest BCUT2D eigenvalue weighted by atomic mass is 16.6. The van der Waals surface area contributed by atoms with Crippen LogP contribution in [0.5, 0.6) is 0 Å². The summed E-state index contributed by atoms with van der Waals surface area (Å²) in [5.41, 5.74) is 4.89. The van der Waals surface area contributed by atoms with Crippen molar-refractivity contribution in [2.45, 2.75) is 32.9 Å². The lowest BCUT2D eigenvalue weighted by atomic mass is 10.2. The van der Waals surface area contributed by atoms with Gasteiger partial charge in [-0.05, 0) is 20.8 Å². The van der Waals surface area contributed by atoms with E-state index < -0.39 is 17.6 Å². The Morgan fingerprint density at radius 1 is 1.50 bits per heavy atom. The van der Waals surface area contributed by atoms with Crippen molar-refractivity contribution in [1.29, 1.82) is 0 Å². The molecule has 0 aliphatic heterocycles. The third-order valence-electron chi connectivity index (χ3n) is 1.91. The number of hydrogen-bond acceptors (Lipinski definition) is 5. The molecule has 0 saturated carbocycles. The van der Waals surface area contributed by atoms with E-state index in [1.165, 1.54) is 11.0 Å². The third-order valence-corrected chi connectivity index (χ3v) is 1.91. The van der Waals surface area contributed by atoms with Gasteiger partial charge in [-0.15, -0.1) is 0 Å². The van der Waals surface area contributed by atoms with Crippen molar-refractivity contribution in [1.82, 2.24) is 10.1 Å². The first-order chi connectivity index (χ1) is 8.19. The molecule has 0 fully saturated rings. The number of carbonyl (C=O) groups excluding carboxylic acids is 2. The maximum Gasteiger partial charge on any atom is 0.410 e. The Hall–Kier alpha value is -2.05. The maximum absolute atomic E-state index is 11.7. The number of primary amides is 1. The minimum atomic E-state index is -0.700. The standard InChI is InChI=1S/C11H17N3O4/c1-11(2,3)17-10(16)14(4)6-7-5-8(9(12)15)18-13-7/h5H,6H2,1-4H3,(H2,12,15). The number of rotatable bonds is 3. The molecule has 0 aliphatic rings. The summed E-state index contributed by atoms with van der Waals surface area (Å²) in [4.78, 5) is 23.8. The highest BCUT2D eigenvalue weighted by molar-refractivity contribution is 5.89. The molecule has 0 aromatic carbocycles. The summed E-state index contributed by atoms with van der Waals surface area (Å²) >= 11 is 0. The van der Waals surface area contributed by atoms with Gasteiger partial charge in [0.2, 0.25) is 5.76 Å². The van der Waals surface area contributed by atoms with Crippen molar-refractivity contribution in [2.24, 2.45) is 5.73 Å². The molecule has 0 saturated heterocycles. The van der Waals surface area contributed by atoms with Crippen LogP contribution in [0.1, 0.15) is 37.0 Å². The summed E-state index contributed by atoms with van der Waals surface area (Å²) in [6.45, 7) is 5.51. The van der Waals surface area contributed by atoms with Gasteiger partial charge in [0.1, 0.15) is 11.3 Å². The topological polar surface area (TPSA) is 98.7 Å². The van der Waals surface area contributed by atoms with Crippen molar-refractivity contribution in [3.63, 3.8) is 0 Å². The molecular formula is C11H17N3O4. The van der Waals surface area contributed by atoms with Crippen molar-refractivity contribution in [3.05, 3.63) is 17.5 Å². The summed E-state index contributed by atoms with van der Waals surface area (Å²) in [6, 6.07) is 1.39. The van der Waals surface area contributed by atoms with Crippen LogP contribution >= 0.6 is 0 Å². The molecule has 18 heavy (non-hydrogen) atoms. The highest BCUT2D eigenvalue weighted by Crippen LogP contribution is 2.11. The predicted octanol–water partition coefficient (Wildman–Crippen LogP) is 1.14. The van der Waals surface area contributed by atoms with E-state index >= 15 is 0 Å². The fourth-order valence-corrected chi connectivity index (χ4v) is 1.15. The van der Waals surface area contributed by atoms with Gasteiger partial charge in [0.05, 0.1) is 6.54 Å². The number of carbonyl (C=O) groups is 2. The average molecular weight is 255 g/mol. The van der Waals surface area contributed by atoms with Crippen molar-refractivity contribution < 1.29 is 18.8 Å².